The first-order valence-corrected chi connectivity index (χ1v) is 13.3. The predicted molar refractivity (Wildman–Crippen MR) is 118 cm³/mol. The maximum absolute atomic E-state index is 12.4. The molecule has 1 unspecified atom stereocenters. The number of aryl methyl sites for hydroxylation is 1. The maximum atomic E-state index is 12.4. The molecule has 0 aromatic carbocycles. The van der Waals surface area contributed by atoms with Gasteiger partial charge in [-0.1, -0.05) is 19.3 Å². The van der Waals surface area contributed by atoms with Crippen LogP contribution >= 0.6 is 18.9 Å². The molecule has 0 radical (unpaired) electrons. The zero-order valence-electron chi connectivity index (χ0n) is 17.5. The van der Waals surface area contributed by atoms with Crippen molar-refractivity contribution in [3.05, 3.63) is 21.9 Å². The normalized spacial score (nSPS) is 17.9. The van der Waals surface area contributed by atoms with Crippen LogP contribution in [0.25, 0.3) is 0 Å². The van der Waals surface area contributed by atoms with Gasteiger partial charge in [0.05, 0.1) is 17.1 Å². The van der Waals surface area contributed by atoms with Crippen LogP contribution in [0, 0.1) is 0 Å². The summed E-state index contributed by atoms with van der Waals surface area (Å²) >= 11 is 1.50. The molecular formula is C21H36NO5PS. The minimum absolute atomic E-state index is 0.177. The smallest absolute Gasteiger partial charge is 0.325 e. The van der Waals surface area contributed by atoms with Gasteiger partial charge in [0.25, 0.3) is 0 Å². The highest BCUT2D eigenvalue weighted by Crippen LogP contribution is 2.37. The van der Waals surface area contributed by atoms with E-state index in [1.807, 2.05) is 19.1 Å². The van der Waals surface area contributed by atoms with E-state index in [1.54, 1.807) is 0 Å². The predicted octanol–water partition coefficient (Wildman–Crippen LogP) is 4.67. The molecule has 1 aromatic heterocycles. The molecule has 6 nitrogen and oxygen atoms in total. The summed E-state index contributed by atoms with van der Waals surface area (Å²) in [6.07, 6.45) is 10.4. The summed E-state index contributed by atoms with van der Waals surface area (Å²) in [5.41, 5.74) is 5.54. The summed E-state index contributed by atoms with van der Waals surface area (Å²) in [6.45, 7) is 2.56. The van der Waals surface area contributed by atoms with Crippen LogP contribution in [-0.2, 0) is 15.7 Å². The van der Waals surface area contributed by atoms with Crippen LogP contribution in [0.2, 0.25) is 0 Å². The lowest BCUT2D eigenvalue weighted by Gasteiger charge is -2.24. The lowest BCUT2D eigenvalue weighted by molar-refractivity contribution is 0.0264. The number of nitrogens with two attached hydrogens (primary N) is 1. The number of ketones is 1. The molecule has 0 spiro atoms. The lowest BCUT2D eigenvalue weighted by Crippen LogP contribution is -2.37. The van der Waals surface area contributed by atoms with Crippen LogP contribution in [0.5, 0.6) is 0 Å². The Bertz CT molecular complexity index is 678. The standard InChI is InChI=1S/C21H36NO5PS/c1-21(22,14-16-28(24,25)26)13-12-18-10-11-20(29-18)19(23)9-5-6-15-27-17-7-3-2-4-8-17/h10-11,17H,2-9,12-16,22H2,1H3,(H2,24,25,26). The van der Waals surface area contributed by atoms with Crippen LogP contribution in [0.15, 0.2) is 12.1 Å². The number of unbranched alkanes of at least 4 members (excludes halogenated alkanes) is 1. The van der Waals surface area contributed by atoms with Crippen LogP contribution in [0.3, 0.4) is 0 Å². The maximum Gasteiger partial charge on any atom is 0.325 e. The Hall–Kier alpha value is -0.560. The van der Waals surface area contributed by atoms with Crippen LogP contribution < -0.4 is 5.73 Å². The Morgan fingerprint density at radius 1 is 1.24 bits per heavy atom. The molecule has 1 aliphatic rings. The minimum Gasteiger partial charge on any atom is -0.378 e. The van der Waals surface area contributed by atoms with E-state index in [2.05, 4.69) is 0 Å². The molecule has 8 heteroatoms. The van der Waals surface area contributed by atoms with E-state index >= 15 is 0 Å². The summed E-state index contributed by atoms with van der Waals surface area (Å²) in [7, 11) is -4.02. The van der Waals surface area contributed by atoms with Crippen LogP contribution in [0.4, 0.5) is 0 Å². The summed E-state index contributed by atoms with van der Waals surface area (Å²) in [5.74, 6) is 0.177. The third-order valence-corrected chi connectivity index (χ3v) is 7.55. The first-order valence-electron chi connectivity index (χ1n) is 10.7. The second kappa shape index (κ2) is 11.7. The van der Waals surface area contributed by atoms with Crippen molar-refractivity contribution in [1.29, 1.82) is 0 Å². The molecule has 0 aliphatic heterocycles. The Labute approximate surface area is 178 Å². The summed E-state index contributed by atoms with van der Waals surface area (Å²) in [5, 5.41) is 0. The second-order valence-electron chi connectivity index (χ2n) is 8.57. The van der Waals surface area contributed by atoms with Gasteiger partial charge in [-0.25, -0.2) is 0 Å². The summed E-state index contributed by atoms with van der Waals surface area (Å²) < 4.78 is 16.9. The van der Waals surface area contributed by atoms with Gasteiger partial charge < -0.3 is 20.3 Å². The number of hydrogen-bond donors (Lipinski definition) is 3. The molecule has 1 saturated carbocycles. The first-order chi connectivity index (χ1) is 13.6. The lowest BCUT2D eigenvalue weighted by atomic mass is 9.94. The number of rotatable bonds is 13. The van der Waals surface area contributed by atoms with Gasteiger partial charge in [0, 0.05) is 23.4 Å². The van der Waals surface area contributed by atoms with Crippen LogP contribution in [-0.4, -0.2) is 40.0 Å². The second-order valence-corrected chi connectivity index (χ2v) is 11.5. The van der Waals surface area contributed by atoms with Gasteiger partial charge in [0.15, 0.2) is 5.78 Å². The SMILES string of the molecule is CC(N)(CCc1ccc(C(=O)CCCCOC2CCCCC2)s1)CCP(=O)(O)O. The average Bonchev–Trinajstić information content (AvgIpc) is 3.14. The fraction of sp³-hybridized carbons (Fsp3) is 0.762. The van der Waals surface area contributed by atoms with E-state index in [0.29, 0.717) is 25.4 Å². The average molecular weight is 446 g/mol. The topological polar surface area (TPSA) is 110 Å². The van der Waals surface area contributed by atoms with Gasteiger partial charge in [0.1, 0.15) is 0 Å². The Kier molecular flexibility index (Phi) is 9.99. The van der Waals surface area contributed by atoms with Crippen molar-refractivity contribution in [2.24, 2.45) is 5.73 Å². The van der Waals surface area contributed by atoms with Gasteiger partial charge in [-0.15, -0.1) is 11.3 Å². The number of carbonyl (C=O) groups excluding carboxylic acids is 1. The van der Waals surface area contributed by atoms with Crippen molar-refractivity contribution in [3.8, 4) is 0 Å². The van der Waals surface area contributed by atoms with Crippen molar-refractivity contribution in [2.75, 3.05) is 12.8 Å². The van der Waals surface area contributed by atoms with Gasteiger partial charge in [-0.3, -0.25) is 9.36 Å². The van der Waals surface area contributed by atoms with Crippen molar-refractivity contribution in [2.45, 2.75) is 89.2 Å². The number of ether oxygens (including phenoxy) is 1. The zero-order valence-corrected chi connectivity index (χ0v) is 19.2. The van der Waals surface area contributed by atoms with Crippen molar-refractivity contribution in [3.63, 3.8) is 0 Å². The van der Waals surface area contributed by atoms with Gasteiger partial charge in [-0.2, -0.15) is 0 Å². The minimum atomic E-state index is -4.02. The van der Waals surface area contributed by atoms with Crippen molar-refractivity contribution < 1.29 is 23.9 Å². The largest absolute Gasteiger partial charge is 0.378 e. The quantitative estimate of drug-likeness (QED) is 0.231. The monoisotopic (exact) mass is 445 g/mol. The third-order valence-electron chi connectivity index (χ3n) is 5.56. The highest BCUT2D eigenvalue weighted by atomic mass is 32.1. The molecule has 1 aromatic rings. The van der Waals surface area contributed by atoms with E-state index in [0.717, 1.165) is 29.2 Å². The third kappa shape index (κ3) is 10.3. The number of hydrogen-bond acceptors (Lipinski definition) is 5. The molecule has 2 rings (SSSR count). The fourth-order valence-corrected chi connectivity index (χ4v) is 5.37. The number of Topliss-reactive ketones (excluding diaryl/α,β-unsaturated/α-hetero) is 1. The molecule has 1 atom stereocenters. The van der Waals surface area contributed by atoms with E-state index in [9.17, 15) is 9.36 Å². The Morgan fingerprint density at radius 2 is 1.97 bits per heavy atom. The van der Waals surface area contributed by atoms with Crippen molar-refractivity contribution >= 4 is 24.7 Å². The number of thiophene rings is 1. The van der Waals surface area contributed by atoms with E-state index in [1.165, 1.54) is 43.4 Å². The van der Waals surface area contributed by atoms with E-state index < -0.39 is 13.1 Å². The summed E-state index contributed by atoms with van der Waals surface area (Å²) in [6, 6.07) is 3.84. The fourth-order valence-electron chi connectivity index (χ4n) is 3.59. The Balaban J connectivity index is 1.65. The van der Waals surface area contributed by atoms with Crippen LogP contribution in [0.1, 0.15) is 85.7 Å². The van der Waals surface area contributed by atoms with Gasteiger partial charge >= 0.3 is 7.60 Å². The molecule has 0 bridgehead atoms. The molecule has 1 heterocycles. The molecular weight excluding hydrogens is 409 g/mol. The number of carbonyl (C=O) groups is 1. The first kappa shape index (κ1) is 24.7. The van der Waals surface area contributed by atoms with Gasteiger partial charge in [0.2, 0.25) is 0 Å². The highest BCUT2D eigenvalue weighted by Gasteiger charge is 2.24. The Morgan fingerprint density at radius 3 is 2.66 bits per heavy atom. The molecule has 166 valence electrons. The molecule has 4 N–H and O–H groups in total. The zero-order chi connectivity index (χ0) is 21.3. The molecule has 29 heavy (non-hydrogen) atoms. The highest BCUT2D eigenvalue weighted by molar-refractivity contribution is 7.51. The van der Waals surface area contributed by atoms with Gasteiger partial charge in [-0.05, 0) is 64.0 Å². The molecule has 1 fully saturated rings. The van der Waals surface area contributed by atoms with E-state index in [4.69, 9.17) is 20.3 Å². The molecule has 1 aliphatic carbocycles. The molecule has 0 saturated heterocycles. The summed E-state index contributed by atoms with van der Waals surface area (Å²) in [4.78, 5) is 32.3. The van der Waals surface area contributed by atoms with Crippen molar-refractivity contribution in [1.82, 2.24) is 0 Å². The molecule has 0 amide bonds. The van der Waals surface area contributed by atoms with E-state index in [-0.39, 0.29) is 18.4 Å².